The fourth-order valence-electron chi connectivity index (χ4n) is 2.19. The van der Waals surface area contributed by atoms with Gasteiger partial charge in [-0.05, 0) is 31.6 Å². The maximum absolute atomic E-state index is 12.1. The van der Waals surface area contributed by atoms with E-state index in [-0.39, 0.29) is 17.9 Å². The first-order valence-electron chi connectivity index (χ1n) is 6.14. The molecule has 1 aliphatic rings. The van der Waals surface area contributed by atoms with Crippen LogP contribution < -0.4 is 5.73 Å². The maximum atomic E-state index is 12.1. The third kappa shape index (κ3) is 2.94. The predicted octanol–water partition coefficient (Wildman–Crippen LogP) is 1.76. The van der Waals surface area contributed by atoms with E-state index in [2.05, 4.69) is 6.92 Å². The third-order valence-corrected chi connectivity index (χ3v) is 3.38. The van der Waals surface area contributed by atoms with E-state index in [1.54, 1.807) is 0 Å². The van der Waals surface area contributed by atoms with Crippen molar-refractivity contribution in [1.82, 2.24) is 4.90 Å². The monoisotopic (exact) mass is 212 g/mol. The predicted molar refractivity (Wildman–Crippen MR) is 62.5 cm³/mol. The molecule has 1 saturated heterocycles. The fraction of sp³-hybridized carbons (Fsp3) is 0.917. The number of nitrogens with two attached hydrogens (primary N) is 1. The second kappa shape index (κ2) is 5.50. The Bertz CT molecular complexity index is 216. The molecule has 1 rings (SSSR count). The molecule has 0 radical (unpaired) electrons. The van der Waals surface area contributed by atoms with E-state index in [9.17, 15) is 4.79 Å². The first-order chi connectivity index (χ1) is 7.07. The topological polar surface area (TPSA) is 46.3 Å². The lowest BCUT2D eigenvalue weighted by atomic mass is 9.96. The lowest BCUT2D eigenvalue weighted by Crippen LogP contribution is -2.52. The van der Waals surface area contributed by atoms with Gasteiger partial charge in [0, 0.05) is 12.6 Å². The summed E-state index contributed by atoms with van der Waals surface area (Å²) in [5.74, 6) is 0.383. The largest absolute Gasteiger partial charge is 0.338 e. The number of hydrogen-bond acceptors (Lipinski definition) is 2. The van der Waals surface area contributed by atoms with Crippen molar-refractivity contribution in [3.63, 3.8) is 0 Å². The number of likely N-dealkylation sites (tertiary alicyclic amines) is 1. The molecule has 0 saturated carbocycles. The molecule has 0 unspecified atom stereocenters. The molecule has 1 aliphatic heterocycles. The molecule has 0 bridgehead atoms. The lowest BCUT2D eigenvalue weighted by Gasteiger charge is -2.37. The van der Waals surface area contributed by atoms with Crippen molar-refractivity contribution in [2.24, 2.45) is 11.7 Å². The van der Waals surface area contributed by atoms with Crippen LogP contribution in [-0.2, 0) is 4.79 Å². The zero-order chi connectivity index (χ0) is 11.4. The minimum Gasteiger partial charge on any atom is -0.338 e. The van der Waals surface area contributed by atoms with Gasteiger partial charge >= 0.3 is 0 Å². The maximum Gasteiger partial charge on any atom is 0.239 e. The van der Waals surface area contributed by atoms with Crippen molar-refractivity contribution in [2.45, 2.75) is 58.5 Å². The highest BCUT2D eigenvalue weighted by Crippen LogP contribution is 2.20. The van der Waals surface area contributed by atoms with Crippen LogP contribution >= 0.6 is 0 Å². The van der Waals surface area contributed by atoms with Crippen LogP contribution in [0.4, 0.5) is 0 Å². The number of carbonyl (C=O) groups is 1. The number of hydrogen-bond donors (Lipinski definition) is 1. The summed E-state index contributed by atoms with van der Waals surface area (Å²) in [5, 5.41) is 0. The van der Waals surface area contributed by atoms with Gasteiger partial charge < -0.3 is 10.6 Å². The molecule has 0 aliphatic carbocycles. The highest BCUT2D eigenvalue weighted by molar-refractivity contribution is 5.82. The zero-order valence-electron chi connectivity index (χ0n) is 10.2. The van der Waals surface area contributed by atoms with E-state index in [4.69, 9.17) is 5.73 Å². The summed E-state index contributed by atoms with van der Waals surface area (Å²) in [4.78, 5) is 14.1. The van der Waals surface area contributed by atoms with E-state index in [0.29, 0.717) is 6.04 Å². The number of rotatable bonds is 3. The molecular weight excluding hydrogens is 188 g/mol. The molecule has 0 spiro atoms. The van der Waals surface area contributed by atoms with Gasteiger partial charge in [-0.3, -0.25) is 4.79 Å². The summed E-state index contributed by atoms with van der Waals surface area (Å²) in [7, 11) is 0. The fourth-order valence-corrected chi connectivity index (χ4v) is 2.19. The quantitative estimate of drug-likeness (QED) is 0.775. The van der Waals surface area contributed by atoms with E-state index in [0.717, 1.165) is 25.8 Å². The van der Waals surface area contributed by atoms with Gasteiger partial charge in [0.05, 0.1) is 6.04 Å². The minimum absolute atomic E-state index is 0.150. The van der Waals surface area contributed by atoms with Gasteiger partial charge in [0.1, 0.15) is 0 Å². The Labute approximate surface area is 93.0 Å². The van der Waals surface area contributed by atoms with Gasteiger partial charge in [0.25, 0.3) is 0 Å². The van der Waals surface area contributed by atoms with Gasteiger partial charge in [-0.25, -0.2) is 0 Å². The van der Waals surface area contributed by atoms with Crippen LogP contribution in [0.15, 0.2) is 0 Å². The van der Waals surface area contributed by atoms with Crippen LogP contribution in [0.2, 0.25) is 0 Å². The second-order valence-corrected chi connectivity index (χ2v) is 4.86. The number of piperidine rings is 1. The van der Waals surface area contributed by atoms with Crippen molar-refractivity contribution in [3.05, 3.63) is 0 Å². The van der Waals surface area contributed by atoms with Gasteiger partial charge in [-0.2, -0.15) is 0 Å². The Kier molecular flexibility index (Phi) is 4.58. The normalized spacial score (nSPS) is 24.3. The third-order valence-electron chi connectivity index (χ3n) is 3.38. The summed E-state index contributed by atoms with van der Waals surface area (Å²) in [6, 6.07) is 0.105. The Morgan fingerprint density at radius 1 is 1.47 bits per heavy atom. The molecule has 0 aromatic rings. The molecule has 1 fully saturated rings. The SMILES string of the molecule is CC[C@@H]1CCCCN1C(=O)[C@H](N)C(C)C. The smallest absolute Gasteiger partial charge is 0.239 e. The van der Waals surface area contributed by atoms with Crippen molar-refractivity contribution in [3.8, 4) is 0 Å². The van der Waals surface area contributed by atoms with Crippen molar-refractivity contribution < 1.29 is 4.79 Å². The van der Waals surface area contributed by atoms with Gasteiger partial charge in [0.2, 0.25) is 5.91 Å². The van der Waals surface area contributed by atoms with Crippen LogP contribution in [0.1, 0.15) is 46.5 Å². The summed E-state index contributed by atoms with van der Waals surface area (Å²) in [6.45, 7) is 7.07. The highest BCUT2D eigenvalue weighted by Gasteiger charge is 2.29. The van der Waals surface area contributed by atoms with Crippen molar-refractivity contribution in [2.75, 3.05) is 6.54 Å². The Hall–Kier alpha value is -0.570. The van der Waals surface area contributed by atoms with Gasteiger partial charge in [-0.1, -0.05) is 20.8 Å². The summed E-state index contributed by atoms with van der Waals surface area (Å²) in [5.41, 5.74) is 5.92. The van der Waals surface area contributed by atoms with Crippen LogP contribution in [0.3, 0.4) is 0 Å². The van der Waals surface area contributed by atoms with E-state index in [1.807, 2.05) is 18.7 Å². The van der Waals surface area contributed by atoms with Crippen LogP contribution in [0.5, 0.6) is 0 Å². The van der Waals surface area contributed by atoms with Gasteiger partial charge in [-0.15, -0.1) is 0 Å². The molecule has 3 nitrogen and oxygen atoms in total. The molecular formula is C12H24N2O. The number of carbonyl (C=O) groups excluding carboxylic acids is 1. The molecule has 3 heteroatoms. The summed E-state index contributed by atoms with van der Waals surface area (Å²) < 4.78 is 0. The summed E-state index contributed by atoms with van der Waals surface area (Å²) >= 11 is 0. The first kappa shape index (κ1) is 12.5. The van der Waals surface area contributed by atoms with E-state index < -0.39 is 0 Å². The highest BCUT2D eigenvalue weighted by atomic mass is 16.2. The number of nitrogens with zero attached hydrogens (tertiary/aromatic N) is 1. The van der Waals surface area contributed by atoms with Crippen LogP contribution in [-0.4, -0.2) is 29.4 Å². The van der Waals surface area contributed by atoms with E-state index >= 15 is 0 Å². The molecule has 1 heterocycles. The molecule has 0 aromatic heterocycles. The lowest BCUT2D eigenvalue weighted by molar-refractivity contribution is -0.137. The Morgan fingerprint density at radius 2 is 2.13 bits per heavy atom. The molecule has 88 valence electrons. The van der Waals surface area contributed by atoms with Crippen LogP contribution in [0, 0.1) is 5.92 Å². The summed E-state index contributed by atoms with van der Waals surface area (Å²) in [6.07, 6.45) is 4.58. The van der Waals surface area contributed by atoms with Crippen molar-refractivity contribution in [1.29, 1.82) is 0 Å². The molecule has 0 aromatic carbocycles. The molecule has 15 heavy (non-hydrogen) atoms. The standard InChI is InChI=1S/C12H24N2O/c1-4-10-7-5-6-8-14(10)12(15)11(13)9(2)3/h9-11H,4-8,13H2,1-3H3/t10-,11-/m1/s1. The minimum atomic E-state index is -0.322. The van der Waals surface area contributed by atoms with Crippen LogP contribution in [0.25, 0.3) is 0 Å². The second-order valence-electron chi connectivity index (χ2n) is 4.86. The zero-order valence-corrected chi connectivity index (χ0v) is 10.2. The number of amides is 1. The Balaban J connectivity index is 2.63. The van der Waals surface area contributed by atoms with Crippen molar-refractivity contribution >= 4 is 5.91 Å². The average molecular weight is 212 g/mol. The molecule has 2 atom stereocenters. The first-order valence-corrected chi connectivity index (χ1v) is 6.14. The molecule has 1 amide bonds. The van der Waals surface area contributed by atoms with E-state index in [1.165, 1.54) is 6.42 Å². The average Bonchev–Trinajstić information content (AvgIpc) is 2.26. The Morgan fingerprint density at radius 3 is 2.67 bits per heavy atom. The van der Waals surface area contributed by atoms with Gasteiger partial charge in [0.15, 0.2) is 0 Å². The molecule has 2 N–H and O–H groups in total.